The maximum atomic E-state index is 12.1. The molecule has 5 nitrogen and oxygen atoms in total. The van der Waals surface area contributed by atoms with Crippen molar-refractivity contribution >= 4 is 11.8 Å². The van der Waals surface area contributed by atoms with Crippen LogP contribution in [0.1, 0.15) is 37.3 Å². The van der Waals surface area contributed by atoms with Gasteiger partial charge in [0.05, 0.1) is 6.04 Å². The van der Waals surface area contributed by atoms with Gasteiger partial charge < -0.3 is 16.0 Å². The van der Waals surface area contributed by atoms with Crippen LogP contribution in [0.4, 0.5) is 0 Å². The summed E-state index contributed by atoms with van der Waals surface area (Å²) in [6, 6.07) is 9.65. The molecule has 112 valence electrons. The van der Waals surface area contributed by atoms with Crippen molar-refractivity contribution in [2.24, 2.45) is 5.73 Å². The van der Waals surface area contributed by atoms with Crippen LogP contribution in [0.3, 0.4) is 0 Å². The number of likely N-dealkylation sites (tertiary alicyclic amines) is 1. The first-order valence-corrected chi connectivity index (χ1v) is 7.53. The van der Waals surface area contributed by atoms with Crippen LogP contribution in [0, 0.1) is 0 Å². The molecule has 3 N–H and O–H groups in total. The molecule has 1 aliphatic heterocycles. The predicted octanol–water partition coefficient (Wildman–Crippen LogP) is 0.956. The number of nitrogens with one attached hydrogen (secondary N) is 1. The van der Waals surface area contributed by atoms with Crippen LogP contribution in [-0.4, -0.2) is 35.3 Å². The molecule has 2 fully saturated rings. The zero-order chi connectivity index (χ0) is 14.8. The third kappa shape index (κ3) is 3.42. The average molecular weight is 287 g/mol. The van der Waals surface area contributed by atoms with Crippen LogP contribution in [0.15, 0.2) is 30.3 Å². The minimum Gasteiger partial charge on any atom is -0.351 e. The minimum absolute atomic E-state index is 0.0615. The van der Waals surface area contributed by atoms with E-state index in [2.05, 4.69) is 5.32 Å². The quantitative estimate of drug-likeness (QED) is 0.847. The van der Waals surface area contributed by atoms with E-state index in [1.807, 2.05) is 35.2 Å². The first-order chi connectivity index (χ1) is 10.1. The van der Waals surface area contributed by atoms with Gasteiger partial charge in [0.2, 0.25) is 11.8 Å². The summed E-state index contributed by atoms with van der Waals surface area (Å²) in [7, 11) is 0. The Balaban J connectivity index is 1.49. The molecule has 0 spiro atoms. The maximum Gasteiger partial charge on any atom is 0.225 e. The first kappa shape index (κ1) is 14.1. The largest absolute Gasteiger partial charge is 0.351 e. The van der Waals surface area contributed by atoms with E-state index < -0.39 is 0 Å². The molecule has 21 heavy (non-hydrogen) atoms. The molecule has 3 rings (SSSR count). The van der Waals surface area contributed by atoms with Gasteiger partial charge >= 0.3 is 0 Å². The summed E-state index contributed by atoms with van der Waals surface area (Å²) >= 11 is 0. The Morgan fingerprint density at radius 2 is 2.05 bits per heavy atom. The van der Waals surface area contributed by atoms with Gasteiger partial charge in [-0.3, -0.25) is 9.59 Å². The summed E-state index contributed by atoms with van der Waals surface area (Å²) in [4.78, 5) is 25.8. The Morgan fingerprint density at radius 1 is 1.33 bits per heavy atom. The maximum absolute atomic E-state index is 12.1. The van der Waals surface area contributed by atoms with E-state index in [1.54, 1.807) is 0 Å². The van der Waals surface area contributed by atoms with Gasteiger partial charge in [0.15, 0.2) is 0 Å². The average Bonchev–Trinajstić information content (AvgIpc) is 3.24. The van der Waals surface area contributed by atoms with E-state index >= 15 is 0 Å². The van der Waals surface area contributed by atoms with Gasteiger partial charge in [-0.25, -0.2) is 0 Å². The zero-order valence-corrected chi connectivity index (χ0v) is 12.0. The van der Waals surface area contributed by atoms with E-state index in [-0.39, 0.29) is 30.3 Å². The fraction of sp³-hybridized carbons (Fsp3) is 0.500. The molecule has 2 atom stereocenters. The van der Waals surface area contributed by atoms with Crippen molar-refractivity contribution in [1.82, 2.24) is 10.2 Å². The number of nitrogens with two attached hydrogens (primary N) is 1. The van der Waals surface area contributed by atoms with E-state index in [9.17, 15) is 9.59 Å². The van der Waals surface area contributed by atoms with Gasteiger partial charge in [-0.1, -0.05) is 30.3 Å². The SMILES string of the molecule is NC(CC(=O)NC1CC(=O)N(C2CC2)C1)c1ccccc1. The zero-order valence-electron chi connectivity index (χ0n) is 12.0. The molecule has 2 amide bonds. The van der Waals surface area contributed by atoms with Gasteiger partial charge in [-0.2, -0.15) is 0 Å². The van der Waals surface area contributed by atoms with E-state index in [4.69, 9.17) is 5.73 Å². The van der Waals surface area contributed by atoms with E-state index in [0.29, 0.717) is 19.0 Å². The van der Waals surface area contributed by atoms with Gasteiger partial charge in [-0.15, -0.1) is 0 Å². The number of rotatable bonds is 5. The lowest BCUT2D eigenvalue weighted by molar-refractivity contribution is -0.128. The van der Waals surface area contributed by atoms with Crippen molar-refractivity contribution < 1.29 is 9.59 Å². The third-order valence-electron chi connectivity index (χ3n) is 4.14. The number of carbonyl (C=O) groups is 2. The molecule has 1 aromatic carbocycles. The molecule has 1 aliphatic carbocycles. The van der Waals surface area contributed by atoms with Crippen molar-refractivity contribution in [1.29, 1.82) is 0 Å². The highest BCUT2D eigenvalue weighted by Gasteiger charge is 2.39. The molecular weight excluding hydrogens is 266 g/mol. The number of hydrogen-bond acceptors (Lipinski definition) is 3. The van der Waals surface area contributed by atoms with Gasteiger partial charge in [0.1, 0.15) is 0 Å². The summed E-state index contributed by atoms with van der Waals surface area (Å²) in [6.45, 7) is 0.649. The number of nitrogens with zero attached hydrogens (tertiary/aromatic N) is 1. The molecule has 1 saturated carbocycles. The standard InChI is InChI=1S/C16H21N3O2/c17-14(11-4-2-1-3-5-11)9-15(20)18-12-8-16(21)19(10-12)13-6-7-13/h1-5,12-14H,6-10,17H2,(H,18,20). The molecule has 2 unspecified atom stereocenters. The van der Waals surface area contributed by atoms with Crippen LogP contribution in [0.2, 0.25) is 0 Å². The summed E-state index contributed by atoms with van der Waals surface area (Å²) in [5, 5.41) is 2.94. The van der Waals surface area contributed by atoms with Crippen LogP contribution in [0.5, 0.6) is 0 Å². The monoisotopic (exact) mass is 287 g/mol. The van der Waals surface area contributed by atoms with Crippen molar-refractivity contribution in [3.63, 3.8) is 0 Å². The highest BCUT2D eigenvalue weighted by Crippen LogP contribution is 2.30. The Bertz CT molecular complexity index is 528. The van der Waals surface area contributed by atoms with Crippen LogP contribution in [-0.2, 0) is 9.59 Å². The van der Waals surface area contributed by atoms with Crippen molar-refractivity contribution in [2.45, 2.75) is 43.8 Å². The molecule has 0 bridgehead atoms. The summed E-state index contributed by atoms with van der Waals surface area (Å²) in [5.41, 5.74) is 7.00. The van der Waals surface area contributed by atoms with Gasteiger partial charge in [0.25, 0.3) is 0 Å². The number of hydrogen-bond donors (Lipinski definition) is 2. The molecule has 0 radical (unpaired) electrons. The van der Waals surface area contributed by atoms with Gasteiger partial charge in [0, 0.05) is 31.5 Å². The van der Waals surface area contributed by atoms with Crippen LogP contribution in [0.25, 0.3) is 0 Å². The fourth-order valence-corrected chi connectivity index (χ4v) is 2.87. The lowest BCUT2D eigenvalue weighted by Gasteiger charge is -2.17. The normalized spacial score (nSPS) is 23.2. The van der Waals surface area contributed by atoms with Crippen molar-refractivity contribution in [3.8, 4) is 0 Å². The highest BCUT2D eigenvalue weighted by atomic mass is 16.2. The molecule has 1 saturated heterocycles. The van der Waals surface area contributed by atoms with Crippen molar-refractivity contribution in [3.05, 3.63) is 35.9 Å². The second-order valence-electron chi connectivity index (χ2n) is 5.97. The molecule has 1 aromatic rings. The fourth-order valence-electron chi connectivity index (χ4n) is 2.87. The number of carbonyl (C=O) groups excluding carboxylic acids is 2. The van der Waals surface area contributed by atoms with E-state index in [1.165, 1.54) is 0 Å². The first-order valence-electron chi connectivity index (χ1n) is 7.53. The lowest BCUT2D eigenvalue weighted by Crippen LogP contribution is -2.38. The Morgan fingerprint density at radius 3 is 2.71 bits per heavy atom. The molecule has 2 aliphatic rings. The highest BCUT2D eigenvalue weighted by molar-refractivity contribution is 5.83. The van der Waals surface area contributed by atoms with Crippen LogP contribution < -0.4 is 11.1 Å². The molecule has 0 aromatic heterocycles. The third-order valence-corrected chi connectivity index (χ3v) is 4.14. The summed E-state index contributed by atoms with van der Waals surface area (Å²) < 4.78 is 0. The summed E-state index contributed by atoms with van der Waals surface area (Å²) in [6.07, 6.45) is 2.87. The molecule has 1 heterocycles. The predicted molar refractivity (Wildman–Crippen MR) is 79.3 cm³/mol. The number of benzene rings is 1. The van der Waals surface area contributed by atoms with Crippen molar-refractivity contribution in [2.75, 3.05) is 6.54 Å². The van der Waals surface area contributed by atoms with Crippen LogP contribution >= 0.6 is 0 Å². The van der Waals surface area contributed by atoms with E-state index in [0.717, 1.165) is 18.4 Å². The lowest BCUT2D eigenvalue weighted by atomic mass is 10.0. The Kier molecular flexibility index (Phi) is 3.92. The minimum atomic E-state index is -0.303. The second-order valence-corrected chi connectivity index (χ2v) is 5.97. The second kappa shape index (κ2) is 5.85. The topological polar surface area (TPSA) is 75.4 Å². The molecular formula is C16H21N3O2. The van der Waals surface area contributed by atoms with Gasteiger partial charge in [-0.05, 0) is 18.4 Å². The molecule has 5 heteroatoms. The Labute approximate surface area is 124 Å². The smallest absolute Gasteiger partial charge is 0.225 e. The summed E-state index contributed by atoms with van der Waals surface area (Å²) in [5.74, 6) is 0.0805. The Hall–Kier alpha value is -1.88. The number of amides is 2.